The van der Waals surface area contributed by atoms with Crippen molar-refractivity contribution in [2.24, 2.45) is 0 Å². The Bertz CT molecular complexity index is 1300. The van der Waals surface area contributed by atoms with Crippen molar-refractivity contribution in [1.82, 2.24) is 9.97 Å². The number of benzene rings is 3. The minimum absolute atomic E-state index is 0.207. The third-order valence-corrected chi connectivity index (χ3v) is 6.23. The molecule has 0 saturated heterocycles. The van der Waals surface area contributed by atoms with Crippen molar-refractivity contribution in [3.8, 4) is 28.4 Å². The average molecular weight is 520 g/mol. The molecule has 0 aliphatic rings. The third-order valence-electron chi connectivity index (χ3n) is 4.66. The number of hydrogen-bond donors (Lipinski definition) is 0. The van der Waals surface area contributed by atoms with Gasteiger partial charge in [-0.15, -0.1) is 0 Å². The molecule has 0 aliphatic carbocycles. The molecule has 160 valence electrons. The van der Waals surface area contributed by atoms with E-state index in [1.165, 1.54) is 0 Å². The highest BCUT2D eigenvalue weighted by molar-refractivity contribution is 7.79. The standard InChI is InChI=1S/C24H14Cl4N2OS/c25-17-5-3-16(4-6-17)19-11-29-24(31-12-14-2-8-20(26)22(28)9-14)30-23(19)18-7-1-15(13-32)10-21(18)27/h1-11,13H,12H2. The zero-order valence-corrected chi connectivity index (χ0v) is 20.2. The predicted molar refractivity (Wildman–Crippen MR) is 136 cm³/mol. The lowest BCUT2D eigenvalue weighted by Crippen LogP contribution is -2.02. The summed E-state index contributed by atoms with van der Waals surface area (Å²) in [5.74, 6) is 0. The smallest absolute Gasteiger partial charge is 0.317 e. The van der Waals surface area contributed by atoms with Crippen LogP contribution >= 0.6 is 58.6 Å². The molecule has 0 spiro atoms. The Hall–Kier alpha value is -2.21. The Labute approximate surface area is 210 Å². The van der Waals surface area contributed by atoms with Crippen molar-refractivity contribution in [3.05, 3.63) is 98.1 Å². The second kappa shape index (κ2) is 10.2. The van der Waals surface area contributed by atoms with Gasteiger partial charge in [0.2, 0.25) is 0 Å². The maximum absolute atomic E-state index is 6.57. The Morgan fingerprint density at radius 3 is 2.28 bits per heavy atom. The van der Waals surface area contributed by atoms with E-state index in [2.05, 4.69) is 9.97 Å². The van der Waals surface area contributed by atoms with Crippen LogP contribution in [0.1, 0.15) is 11.1 Å². The number of aromatic nitrogens is 2. The van der Waals surface area contributed by atoms with Crippen LogP contribution < -0.4 is 4.74 Å². The molecule has 1 heterocycles. The van der Waals surface area contributed by atoms with Gasteiger partial charge in [0.25, 0.3) is 0 Å². The Morgan fingerprint density at radius 2 is 1.59 bits per heavy atom. The lowest BCUT2D eigenvalue weighted by molar-refractivity contribution is 0.281. The molecule has 4 rings (SSSR count). The van der Waals surface area contributed by atoms with Crippen molar-refractivity contribution in [2.75, 3.05) is 0 Å². The van der Waals surface area contributed by atoms with Gasteiger partial charge in [0.1, 0.15) is 6.61 Å². The van der Waals surface area contributed by atoms with E-state index < -0.39 is 0 Å². The summed E-state index contributed by atoms with van der Waals surface area (Å²) in [5, 5.41) is 3.67. The first kappa shape index (κ1) is 23.0. The summed E-state index contributed by atoms with van der Waals surface area (Å²) in [6.45, 7) is 0.230. The van der Waals surface area contributed by atoms with Crippen LogP contribution in [0.5, 0.6) is 6.01 Å². The van der Waals surface area contributed by atoms with Crippen LogP contribution in [-0.2, 0) is 6.61 Å². The van der Waals surface area contributed by atoms with Crippen molar-refractivity contribution in [2.45, 2.75) is 6.61 Å². The first-order valence-electron chi connectivity index (χ1n) is 9.39. The molecule has 4 aromatic rings. The molecule has 0 fully saturated rings. The molecule has 0 saturated carbocycles. The van der Waals surface area contributed by atoms with Crippen LogP contribution in [0.2, 0.25) is 20.1 Å². The summed E-state index contributed by atoms with van der Waals surface area (Å²) in [7, 11) is 0. The zero-order chi connectivity index (χ0) is 22.7. The fourth-order valence-corrected chi connectivity index (χ4v) is 3.93. The molecule has 32 heavy (non-hydrogen) atoms. The summed E-state index contributed by atoms with van der Waals surface area (Å²) in [5.41, 5.74) is 4.74. The molecule has 0 amide bonds. The van der Waals surface area contributed by atoms with Crippen molar-refractivity contribution in [1.29, 1.82) is 0 Å². The molecule has 1 aromatic heterocycles. The second-order valence-electron chi connectivity index (χ2n) is 6.82. The average Bonchev–Trinajstić information content (AvgIpc) is 2.80. The number of ether oxygens (including phenoxy) is 1. The van der Waals surface area contributed by atoms with Gasteiger partial charge in [-0.05, 0) is 47.0 Å². The molecule has 0 bridgehead atoms. The predicted octanol–water partition coefficient (Wildman–Crippen LogP) is 8.35. The largest absolute Gasteiger partial charge is 0.459 e. The van der Waals surface area contributed by atoms with E-state index in [0.717, 1.165) is 27.8 Å². The number of hydrogen-bond acceptors (Lipinski definition) is 4. The van der Waals surface area contributed by atoms with Crippen LogP contribution in [0.4, 0.5) is 0 Å². The Morgan fingerprint density at radius 1 is 0.812 bits per heavy atom. The fraction of sp³-hybridized carbons (Fsp3) is 0.0417. The normalized spacial score (nSPS) is 10.8. The minimum Gasteiger partial charge on any atom is -0.459 e. The van der Waals surface area contributed by atoms with Gasteiger partial charge < -0.3 is 4.74 Å². The highest BCUT2D eigenvalue weighted by Crippen LogP contribution is 2.36. The SMILES string of the molecule is S=Cc1ccc(-c2nc(OCc3ccc(Cl)c(Cl)c3)ncc2-c2ccc(Cl)cc2)c(Cl)c1. The zero-order valence-electron chi connectivity index (χ0n) is 16.4. The monoisotopic (exact) mass is 518 g/mol. The van der Waals surface area contributed by atoms with E-state index in [4.69, 9.17) is 63.4 Å². The van der Waals surface area contributed by atoms with Gasteiger partial charge in [0, 0.05) is 27.7 Å². The van der Waals surface area contributed by atoms with Crippen LogP contribution in [0, 0.1) is 0 Å². The van der Waals surface area contributed by atoms with E-state index in [1.54, 1.807) is 29.8 Å². The van der Waals surface area contributed by atoms with Crippen LogP contribution in [0.25, 0.3) is 22.4 Å². The van der Waals surface area contributed by atoms with Crippen molar-refractivity contribution < 1.29 is 4.74 Å². The molecule has 8 heteroatoms. The van der Waals surface area contributed by atoms with Crippen LogP contribution in [0.3, 0.4) is 0 Å². The summed E-state index contributed by atoms with van der Waals surface area (Å²) in [6.07, 6.45) is 1.71. The van der Waals surface area contributed by atoms with Crippen molar-refractivity contribution >= 4 is 64.0 Å². The topological polar surface area (TPSA) is 35.0 Å². The summed E-state index contributed by atoms with van der Waals surface area (Å²) >= 11 is 29.7. The molecular weight excluding hydrogens is 506 g/mol. The summed E-state index contributed by atoms with van der Waals surface area (Å²) < 4.78 is 5.83. The highest BCUT2D eigenvalue weighted by atomic mass is 35.5. The maximum atomic E-state index is 6.57. The second-order valence-corrected chi connectivity index (χ2v) is 8.71. The molecule has 0 atom stereocenters. The molecular formula is C24H14Cl4N2OS. The first-order chi connectivity index (χ1) is 15.4. The Balaban J connectivity index is 1.74. The summed E-state index contributed by atoms with van der Waals surface area (Å²) in [6, 6.07) is 18.5. The molecule has 3 aromatic carbocycles. The van der Waals surface area contributed by atoms with Gasteiger partial charge in [-0.25, -0.2) is 4.98 Å². The van der Waals surface area contributed by atoms with Gasteiger partial charge >= 0.3 is 6.01 Å². The molecule has 0 aliphatic heterocycles. The van der Waals surface area contributed by atoms with Gasteiger partial charge in [-0.1, -0.05) is 89.0 Å². The number of halogens is 4. The number of rotatable bonds is 6. The molecule has 0 N–H and O–H groups in total. The van der Waals surface area contributed by atoms with E-state index in [0.29, 0.717) is 25.8 Å². The van der Waals surface area contributed by atoms with Crippen LogP contribution in [0.15, 0.2) is 66.9 Å². The van der Waals surface area contributed by atoms with Crippen LogP contribution in [-0.4, -0.2) is 15.3 Å². The third kappa shape index (κ3) is 5.22. The Kier molecular flexibility index (Phi) is 7.29. The minimum atomic E-state index is 0.207. The first-order valence-corrected chi connectivity index (χ1v) is 11.4. The van der Waals surface area contributed by atoms with Crippen molar-refractivity contribution in [3.63, 3.8) is 0 Å². The lowest BCUT2D eigenvalue weighted by atomic mass is 10.00. The van der Waals surface area contributed by atoms with E-state index in [9.17, 15) is 0 Å². The number of nitrogens with zero attached hydrogens (tertiary/aromatic N) is 2. The maximum Gasteiger partial charge on any atom is 0.317 e. The fourth-order valence-electron chi connectivity index (χ4n) is 3.06. The van der Waals surface area contributed by atoms with E-state index in [1.807, 2.05) is 42.5 Å². The molecule has 0 radical (unpaired) electrons. The summed E-state index contributed by atoms with van der Waals surface area (Å²) in [4.78, 5) is 9.06. The van der Waals surface area contributed by atoms with Gasteiger partial charge in [-0.2, -0.15) is 4.98 Å². The highest BCUT2D eigenvalue weighted by Gasteiger charge is 2.16. The van der Waals surface area contributed by atoms with Gasteiger partial charge in [0.05, 0.1) is 20.8 Å². The quantitative estimate of drug-likeness (QED) is 0.240. The lowest BCUT2D eigenvalue weighted by Gasteiger charge is -2.13. The van der Waals surface area contributed by atoms with E-state index >= 15 is 0 Å². The van der Waals surface area contributed by atoms with E-state index in [-0.39, 0.29) is 12.6 Å². The number of thiocarbonyl (C=S) groups is 1. The van der Waals surface area contributed by atoms with Gasteiger partial charge in [-0.3, -0.25) is 0 Å². The molecule has 0 unspecified atom stereocenters. The van der Waals surface area contributed by atoms with Gasteiger partial charge in [0.15, 0.2) is 0 Å². The molecule has 3 nitrogen and oxygen atoms in total.